The van der Waals surface area contributed by atoms with E-state index >= 15 is 0 Å². The van der Waals surface area contributed by atoms with Gasteiger partial charge in [-0.15, -0.1) is 0 Å². The minimum Gasteiger partial charge on any atom is -0.360 e. The molecule has 2 aromatic heterocycles. The fraction of sp³-hybridized carbons (Fsp3) is 0.600. The summed E-state index contributed by atoms with van der Waals surface area (Å²) in [7, 11) is -7.56. The van der Waals surface area contributed by atoms with Crippen LogP contribution in [0.25, 0.3) is 0 Å². The minimum absolute atomic E-state index is 0.0559. The van der Waals surface area contributed by atoms with Crippen LogP contribution in [0.2, 0.25) is 0 Å². The van der Waals surface area contributed by atoms with Crippen molar-refractivity contribution in [1.82, 2.24) is 24.0 Å². The van der Waals surface area contributed by atoms with E-state index in [4.69, 9.17) is 4.52 Å². The summed E-state index contributed by atoms with van der Waals surface area (Å²) in [6.07, 6.45) is 0.387. The lowest BCUT2D eigenvalue weighted by molar-refractivity contribution is 0.387. The van der Waals surface area contributed by atoms with Crippen LogP contribution in [0.4, 0.5) is 0 Å². The van der Waals surface area contributed by atoms with Crippen molar-refractivity contribution < 1.29 is 21.4 Å². The Kier molecular flexibility index (Phi) is 5.18. The quantitative estimate of drug-likeness (QED) is 0.776. The van der Waals surface area contributed by atoms with Gasteiger partial charge in [-0.25, -0.2) is 16.8 Å². The summed E-state index contributed by atoms with van der Waals surface area (Å²) >= 11 is 0. The molecule has 10 nitrogen and oxygen atoms in total. The molecule has 1 aliphatic rings. The molecule has 3 heterocycles. The molecule has 1 fully saturated rings. The number of nitrogens with one attached hydrogen (secondary N) is 1. The second-order valence-corrected chi connectivity index (χ2v) is 10.3. The third-order valence-electron chi connectivity index (χ3n) is 4.64. The fourth-order valence-electron chi connectivity index (χ4n) is 3.37. The maximum atomic E-state index is 13.0. The number of hydrogen-bond donors (Lipinski definition) is 1. The van der Waals surface area contributed by atoms with Crippen molar-refractivity contribution >= 4 is 20.0 Å². The second kappa shape index (κ2) is 7.00. The van der Waals surface area contributed by atoms with Crippen LogP contribution in [-0.2, 0) is 20.0 Å². The fourth-order valence-corrected chi connectivity index (χ4v) is 6.93. The molecular formula is C15H23N5O5S2. The number of aromatic nitrogens is 3. The lowest BCUT2D eigenvalue weighted by Crippen LogP contribution is -2.37. The molecule has 0 atom stereocenters. The number of aryl methyl sites for hydroxylation is 4. The number of H-pyrrole nitrogens is 1. The van der Waals surface area contributed by atoms with Crippen molar-refractivity contribution in [3.05, 3.63) is 22.8 Å². The highest BCUT2D eigenvalue weighted by Gasteiger charge is 2.36. The van der Waals surface area contributed by atoms with Gasteiger partial charge in [-0.3, -0.25) is 5.10 Å². The van der Waals surface area contributed by atoms with Crippen LogP contribution in [0.15, 0.2) is 14.3 Å². The van der Waals surface area contributed by atoms with E-state index in [1.807, 2.05) is 0 Å². The molecule has 0 bridgehead atoms. The molecule has 0 aliphatic carbocycles. The molecule has 2 aromatic rings. The van der Waals surface area contributed by atoms with Crippen LogP contribution >= 0.6 is 0 Å². The standard InChI is InChI=1S/C15H23N5O5S2/c1-10-14(11(2)17-16-10)26(21,22)19-6-5-7-20(9-8-19)27(23,24)15-12(3)18-25-13(15)4/h5-9H2,1-4H3,(H,16,17). The zero-order valence-corrected chi connectivity index (χ0v) is 17.3. The predicted octanol–water partition coefficient (Wildman–Crippen LogP) is 0.717. The van der Waals surface area contributed by atoms with Gasteiger partial charge < -0.3 is 4.52 Å². The van der Waals surface area contributed by atoms with E-state index in [1.54, 1.807) is 27.7 Å². The van der Waals surface area contributed by atoms with Gasteiger partial charge in [-0.2, -0.15) is 13.7 Å². The first-order valence-corrected chi connectivity index (χ1v) is 11.4. The zero-order valence-electron chi connectivity index (χ0n) is 15.7. The number of nitrogens with zero attached hydrogens (tertiary/aromatic N) is 4. The Bertz CT molecular complexity index is 931. The zero-order chi connectivity index (χ0) is 20.0. The molecule has 0 saturated carbocycles. The summed E-state index contributed by atoms with van der Waals surface area (Å²) in [5, 5.41) is 10.3. The highest BCUT2D eigenvalue weighted by Crippen LogP contribution is 2.26. The Morgan fingerprint density at radius 2 is 1.41 bits per heavy atom. The Hall–Kier alpha value is -1.76. The van der Waals surface area contributed by atoms with Gasteiger partial charge in [0.25, 0.3) is 0 Å². The lowest BCUT2D eigenvalue weighted by atomic mass is 10.4. The average molecular weight is 418 g/mol. The van der Waals surface area contributed by atoms with E-state index in [-0.39, 0.29) is 41.7 Å². The van der Waals surface area contributed by atoms with Gasteiger partial charge >= 0.3 is 0 Å². The van der Waals surface area contributed by atoms with E-state index in [2.05, 4.69) is 15.4 Å². The van der Waals surface area contributed by atoms with Crippen LogP contribution in [0.3, 0.4) is 0 Å². The van der Waals surface area contributed by atoms with E-state index in [0.29, 0.717) is 23.5 Å². The van der Waals surface area contributed by atoms with E-state index in [9.17, 15) is 16.8 Å². The third-order valence-corrected chi connectivity index (χ3v) is 8.94. The van der Waals surface area contributed by atoms with Crippen LogP contribution < -0.4 is 0 Å². The molecule has 27 heavy (non-hydrogen) atoms. The van der Waals surface area contributed by atoms with Crippen molar-refractivity contribution in [1.29, 1.82) is 0 Å². The number of rotatable bonds is 4. The van der Waals surface area contributed by atoms with Crippen LogP contribution in [0.5, 0.6) is 0 Å². The minimum atomic E-state index is -3.81. The first-order chi connectivity index (χ1) is 12.6. The predicted molar refractivity (Wildman–Crippen MR) is 96.2 cm³/mol. The van der Waals surface area contributed by atoms with Crippen molar-refractivity contribution in [2.75, 3.05) is 26.2 Å². The molecule has 12 heteroatoms. The van der Waals surface area contributed by atoms with Gasteiger partial charge in [0.05, 0.1) is 11.4 Å². The first kappa shape index (κ1) is 20.0. The molecule has 0 aromatic carbocycles. The Morgan fingerprint density at radius 3 is 1.85 bits per heavy atom. The summed E-state index contributed by atoms with van der Waals surface area (Å²) in [6, 6.07) is 0. The summed E-state index contributed by atoms with van der Waals surface area (Å²) < 4.78 is 59.6. The van der Waals surface area contributed by atoms with Gasteiger partial charge in [0.15, 0.2) is 5.76 Å². The summed E-state index contributed by atoms with van der Waals surface area (Å²) in [5.41, 5.74) is 1.17. The molecule has 3 rings (SSSR count). The van der Waals surface area contributed by atoms with Crippen molar-refractivity contribution in [3.8, 4) is 0 Å². The summed E-state index contributed by atoms with van der Waals surface area (Å²) in [4.78, 5) is 0.213. The largest absolute Gasteiger partial charge is 0.360 e. The molecule has 150 valence electrons. The van der Waals surface area contributed by atoms with Gasteiger partial charge in [0, 0.05) is 26.2 Å². The lowest BCUT2D eigenvalue weighted by Gasteiger charge is -2.21. The Balaban J connectivity index is 1.86. The summed E-state index contributed by atoms with van der Waals surface area (Å²) in [6.45, 7) is 6.98. The van der Waals surface area contributed by atoms with Crippen molar-refractivity contribution in [2.24, 2.45) is 0 Å². The number of hydrogen-bond acceptors (Lipinski definition) is 7. The molecule has 0 unspecified atom stereocenters. The van der Waals surface area contributed by atoms with Crippen LogP contribution in [0.1, 0.15) is 29.3 Å². The Morgan fingerprint density at radius 1 is 0.852 bits per heavy atom. The van der Waals surface area contributed by atoms with E-state index < -0.39 is 20.0 Å². The monoisotopic (exact) mass is 417 g/mol. The highest BCUT2D eigenvalue weighted by atomic mass is 32.2. The molecule has 1 saturated heterocycles. The van der Waals surface area contributed by atoms with Crippen molar-refractivity contribution in [3.63, 3.8) is 0 Å². The molecule has 0 radical (unpaired) electrons. The molecule has 1 aliphatic heterocycles. The van der Waals surface area contributed by atoms with Gasteiger partial charge in [-0.05, 0) is 34.1 Å². The molecule has 1 N–H and O–H groups in total. The normalized spacial score (nSPS) is 17.9. The first-order valence-electron chi connectivity index (χ1n) is 8.51. The van der Waals surface area contributed by atoms with Gasteiger partial charge in [-0.1, -0.05) is 5.16 Å². The molecular weight excluding hydrogens is 394 g/mol. The van der Waals surface area contributed by atoms with Crippen LogP contribution in [0, 0.1) is 27.7 Å². The third kappa shape index (κ3) is 3.42. The van der Waals surface area contributed by atoms with Gasteiger partial charge in [0.1, 0.15) is 15.5 Å². The maximum Gasteiger partial charge on any atom is 0.248 e. The van der Waals surface area contributed by atoms with Crippen LogP contribution in [-0.4, -0.2) is 67.0 Å². The topological polar surface area (TPSA) is 129 Å². The second-order valence-electron chi connectivity index (χ2n) is 6.58. The smallest absolute Gasteiger partial charge is 0.248 e. The van der Waals surface area contributed by atoms with E-state index in [0.717, 1.165) is 0 Å². The van der Waals surface area contributed by atoms with Gasteiger partial charge in [0.2, 0.25) is 20.0 Å². The number of aromatic amines is 1. The Labute approximate surface area is 158 Å². The SMILES string of the molecule is Cc1n[nH]c(C)c1S(=O)(=O)N1CCCN(S(=O)(=O)c2c(C)noc2C)CC1. The van der Waals surface area contributed by atoms with E-state index in [1.165, 1.54) is 8.61 Å². The molecule has 0 spiro atoms. The van der Waals surface area contributed by atoms with Crippen molar-refractivity contribution in [2.45, 2.75) is 43.9 Å². The average Bonchev–Trinajstić information content (AvgIpc) is 2.98. The highest BCUT2D eigenvalue weighted by molar-refractivity contribution is 7.89. The maximum absolute atomic E-state index is 13.0. The molecule has 0 amide bonds. The summed E-state index contributed by atoms with van der Waals surface area (Å²) in [5.74, 6) is 0.228. The number of sulfonamides is 2.